The molecule has 2 aromatic carbocycles. The fourth-order valence-corrected chi connectivity index (χ4v) is 2.46. The summed E-state index contributed by atoms with van der Waals surface area (Å²) in [5.41, 5.74) is 1.59. The van der Waals surface area contributed by atoms with Gasteiger partial charge in [0.05, 0.1) is 5.56 Å². The summed E-state index contributed by atoms with van der Waals surface area (Å²) < 4.78 is 18.3. The standard InChI is InChI=1S/C20H18FN3O3/c1-2-17(19(25)24-16-9-7-15(21)8-10-16)27-20(26)14-5-3-13(4-6-14)18-22-11-12-23-18/h3-12,17H,2H2,1H3,(H,22,23)(H,24,25). The molecule has 1 unspecified atom stereocenters. The van der Waals surface area contributed by atoms with E-state index < -0.39 is 23.8 Å². The van der Waals surface area contributed by atoms with Crippen LogP contribution in [0, 0.1) is 5.82 Å². The highest BCUT2D eigenvalue weighted by Crippen LogP contribution is 2.17. The lowest BCUT2D eigenvalue weighted by molar-refractivity contribution is -0.124. The van der Waals surface area contributed by atoms with Gasteiger partial charge in [0.1, 0.15) is 11.6 Å². The molecule has 3 rings (SSSR count). The third kappa shape index (κ3) is 4.58. The molecule has 0 radical (unpaired) electrons. The molecule has 2 N–H and O–H groups in total. The average Bonchev–Trinajstić information content (AvgIpc) is 3.22. The van der Waals surface area contributed by atoms with Crippen LogP contribution in [0.4, 0.5) is 10.1 Å². The minimum absolute atomic E-state index is 0.309. The van der Waals surface area contributed by atoms with Crippen LogP contribution in [-0.4, -0.2) is 27.9 Å². The highest BCUT2D eigenvalue weighted by Gasteiger charge is 2.22. The smallest absolute Gasteiger partial charge is 0.338 e. The van der Waals surface area contributed by atoms with Gasteiger partial charge in [0.2, 0.25) is 0 Å². The van der Waals surface area contributed by atoms with Crippen LogP contribution in [-0.2, 0) is 9.53 Å². The van der Waals surface area contributed by atoms with Crippen molar-refractivity contribution < 1.29 is 18.7 Å². The van der Waals surface area contributed by atoms with Crippen molar-refractivity contribution in [3.8, 4) is 11.4 Å². The number of nitrogens with zero attached hydrogens (tertiary/aromatic N) is 1. The van der Waals surface area contributed by atoms with Gasteiger partial charge >= 0.3 is 5.97 Å². The number of imidazole rings is 1. The SMILES string of the molecule is CCC(OC(=O)c1ccc(-c2ncc[nH]2)cc1)C(=O)Nc1ccc(F)cc1. The summed E-state index contributed by atoms with van der Waals surface area (Å²) in [6, 6.07) is 12.1. The first-order chi connectivity index (χ1) is 13.1. The van der Waals surface area contributed by atoms with Crippen molar-refractivity contribution in [1.82, 2.24) is 9.97 Å². The molecule has 0 fully saturated rings. The van der Waals surface area contributed by atoms with E-state index in [0.29, 0.717) is 23.5 Å². The number of nitrogens with one attached hydrogen (secondary N) is 2. The van der Waals surface area contributed by atoms with Gasteiger partial charge in [0.15, 0.2) is 6.10 Å². The molecular weight excluding hydrogens is 349 g/mol. The quantitative estimate of drug-likeness (QED) is 0.649. The van der Waals surface area contributed by atoms with Crippen molar-refractivity contribution in [2.24, 2.45) is 0 Å². The second-order valence-electron chi connectivity index (χ2n) is 5.81. The third-order valence-corrected chi connectivity index (χ3v) is 3.92. The van der Waals surface area contributed by atoms with E-state index in [1.165, 1.54) is 24.3 Å². The lowest BCUT2D eigenvalue weighted by atomic mass is 10.1. The summed E-state index contributed by atoms with van der Waals surface area (Å²) in [5, 5.41) is 2.61. The molecule has 0 aliphatic heterocycles. The molecule has 1 aromatic heterocycles. The van der Waals surface area contributed by atoms with Crippen molar-refractivity contribution in [2.75, 3.05) is 5.32 Å². The first-order valence-electron chi connectivity index (χ1n) is 8.44. The van der Waals surface area contributed by atoms with E-state index in [9.17, 15) is 14.0 Å². The van der Waals surface area contributed by atoms with Gasteiger partial charge < -0.3 is 15.0 Å². The van der Waals surface area contributed by atoms with Crippen LogP contribution in [0.15, 0.2) is 60.9 Å². The Morgan fingerprint density at radius 2 is 1.85 bits per heavy atom. The summed E-state index contributed by atoms with van der Waals surface area (Å²) in [6.45, 7) is 1.74. The first-order valence-corrected chi connectivity index (χ1v) is 8.44. The Labute approximate surface area is 155 Å². The number of rotatable bonds is 6. The molecule has 0 saturated heterocycles. The van der Waals surface area contributed by atoms with Crippen LogP contribution >= 0.6 is 0 Å². The summed E-state index contributed by atoms with van der Waals surface area (Å²) in [4.78, 5) is 31.8. The van der Waals surface area contributed by atoms with Crippen LogP contribution in [0.5, 0.6) is 0 Å². The van der Waals surface area contributed by atoms with Crippen molar-refractivity contribution in [3.05, 3.63) is 72.3 Å². The predicted molar refractivity (Wildman–Crippen MR) is 98.5 cm³/mol. The summed E-state index contributed by atoms with van der Waals surface area (Å²) in [5.74, 6) is -0.767. The number of amides is 1. The lowest BCUT2D eigenvalue weighted by Gasteiger charge is -2.16. The van der Waals surface area contributed by atoms with E-state index in [1.54, 1.807) is 43.6 Å². The number of esters is 1. The molecule has 3 aromatic rings. The molecule has 0 aliphatic rings. The van der Waals surface area contributed by atoms with Crippen molar-refractivity contribution in [2.45, 2.75) is 19.4 Å². The molecule has 138 valence electrons. The number of halogens is 1. The van der Waals surface area contributed by atoms with E-state index in [-0.39, 0.29) is 0 Å². The largest absolute Gasteiger partial charge is 0.449 e. The van der Waals surface area contributed by atoms with Gasteiger partial charge in [-0.05, 0) is 42.8 Å². The summed E-state index contributed by atoms with van der Waals surface area (Å²) >= 11 is 0. The second kappa shape index (κ2) is 8.27. The molecule has 0 saturated carbocycles. The summed E-state index contributed by atoms with van der Waals surface area (Å²) in [6.07, 6.45) is 2.71. The van der Waals surface area contributed by atoms with Crippen LogP contribution in [0.3, 0.4) is 0 Å². The topological polar surface area (TPSA) is 84.1 Å². The number of carbonyl (C=O) groups is 2. The maximum Gasteiger partial charge on any atom is 0.338 e. The molecule has 27 heavy (non-hydrogen) atoms. The summed E-state index contributed by atoms with van der Waals surface area (Å²) in [7, 11) is 0. The zero-order chi connectivity index (χ0) is 19.2. The number of hydrogen-bond acceptors (Lipinski definition) is 4. The van der Waals surface area contributed by atoms with Gasteiger partial charge in [-0.15, -0.1) is 0 Å². The van der Waals surface area contributed by atoms with Gasteiger partial charge in [0, 0.05) is 23.6 Å². The highest BCUT2D eigenvalue weighted by atomic mass is 19.1. The fraction of sp³-hybridized carbons (Fsp3) is 0.150. The number of benzene rings is 2. The molecule has 0 spiro atoms. The van der Waals surface area contributed by atoms with E-state index in [2.05, 4.69) is 15.3 Å². The van der Waals surface area contributed by atoms with Gasteiger partial charge in [-0.1, -0.05) is 19.1 Å². The third-order valence-electron chi connectivity index (χ3n) is 3.92. The molecule has 1 atom stereocenters. The van der Waals surface area contributed by atoms with Gasteiger partial charge in [-0.3, -0.25) is 4.79 Å². The average molecular weight is 367 g/mol. The predicted octanol–water partition coefficient (Wildman–Crippen LogP) is 3.79. The number of hydrogen-bond donors (Lipinski definition) is 2. The minimum Gasteiger partial charge on any atom is -0.449 e. The molecule has 1 heterocycles. The van der Waals surface area contributed by atoms with Crippen LogP contribution < -0.4 is 5.32 Å². The normalized spacial score (nSPS) is 11.6. The van der Waals surface area contributed by atoms with Crippen LogP contribution in [0.25, 0.3) is 11.4 Å². The lowest BCUT2D eigenvalue weighted by Crippen LogP contribution is -2.32. The molecular formula is C20H18FN3O3. The minimum atomic E-state index is -0.952. The Hall–Kier alpha value is -3.48. The Morgan fingerprint density at radius 3 is 2.44 bits per heavy atom. The Kier molecular flexibility index (Phi) is 5.61. The van der Waals surface area contributed by atoms with Crippen LogP contribution in [0.2, 0.25) is 0 Å². The molecule has 0 bridgehead atoms. The Bertz CT molecular complexity index is 907. The van der Waals surface area contributed by atoms with E-state index in [4.69, 9.17) is 4.74 Å². The number of aromatic nitrogens is 2. The second-order valence-corrected chi connectivity index (χ2v) is 5.81. The molecule has 0 aliphatic carbocycles. The fourth-order valence-electron chi connectivity index (χ4n) is 2.46. The first kappa shape index (κ1) is 18.3. The Morgan fingerprint density at radius 1 is 1.15 bits per heavy atom. The van der Waals surface area contributed by atoms with Crippen molar-refractivity contribution >= 4 is 17.6 Å². The number of ether oxygens (including phenoxy) is 1. The van der Waals surface area contributed by atoms with E-state index >= 15 is 0 Å². The molecule has 6 nitrogen and oxygen atoms in total. The van der Waals surface area contributed by atoms with Crippen LogP contribution in [0.1, 0.15) is 23.7 Å². The Balaban J connectivity index is 1.63. The maximum absolute atomic E-state index is 12.9. The van der Waals surface area contributed by atoms with Crippen molar-refractivity contribution in [1.29, 1.82) is 0 Å². The van der Waals surface area contributed by atoms with Crippen molar-refractivity contribution in [3.63, 3.8) is 0 Å². The van der Waals surface area contributed by atoms with E-state index in [0.717, 1.165) is 5.56 Å². The number of anilines is 1. The molecule has 7 heteroatoms. The zero-order valence-electron chi connectivity index (χ0n) is 14.6. The van der Waals surface area contributed by atoms with E-state index in [1.807, 2.05) is 0 Å². The number of aromatic amines is 1. The maximum atomic E-state index is 12.9. The molecule has 1 amide bonds. The zero-order valence-corrected chi connectivity index (χ0v) is 14.6. The number of H-pyrrole nitrogens is 1. The van der Waals surface area contributed by atoms with Gasteiger partial charge in [-0.2, -0.15) is 0 Å². The van der Waals surface area contributed by atoms with Gasteiger partial charge in [0.25, 0.3) is 5.91 Å². The monoisotopic (exact) mass is 367 g/mol. The number of carbonyl (C=O) groups excluding carboxylic acids is 2. The highest BCUT2D eigenvalue weighted by molar-refractivity contribution is 5.97. The van der Waals surface area contributed by atoms with Gasteiger partial charge in [-0.25, -0.2) is 14.2 Å².